The number of allylic oxidation sites excluding steroid dienone is 2. The van der Waals surface area contributed by atoms with Crippen LogP contribution in [0.1, 0.15) is 32.1 Å². The zero-order valence-corrected chi connectivity index (χ0v) is 18.8. The first kappa shape index (κ1) is 19.0. The van der Waals surface area contributed by atoms with Gasteiger partial charge in [0.2, 0.25) is 17.7 Å². The predicted molar refractivity (Wildman–Crippen MR) is 120 cm³/mol. The van der Waals surface area contributed by atoms with Crippen LogP contribution in [0.3, 0.4) is 0 Å². The van der Waals surface area contributed by atoms with E-state index in [1.54, 1.807) is 4.90 Å². The van der Waals surface area contributed by atoms with Crippen molar-refractivity contribution in [2.45, 2.75) is 38.1 Å². The van der Waals surface area contributed by atoms with Crippen LogP contribution in [0.15, 0.2) is 36.4 Å². The van der Waals surface area contributed by atoms with E-state index in [1.165, 1.54) is 6.42 Å². The third kappa shape index (κ3) is 2.82. The molecule has 5 nitrogen and oxygen atoms in total. The van der Waals surface area contributed by atoms with Gasteiger partial charge in [-0.2, -0.15) is 0 Å². The third-order valence-corrected chi connectivity index (χ3v) is 8.96. The molecule has 6 aliphatic rings. The maximum Gasteiger partial charge on any atom is 0.233 e. The minimum atomic E-state index is -0.113. The molecule has 0 radical (unpaired) electrons. The number of benzene rings is 1. The van der Waals surface area contributed by atoms with E-state index >= 15 is 0 Å². The van der Waals surface area contributed by atoms with E-state index in [0.717, 1.165) is 34.9 Å². The number of carbonyl (C=O) groups excluding carboxylic acids is 3. The number of hydrogen-bond acceptors (Lipinski definition) is 3. The van der Waals surface area contributed by atoms with Gasteiger partial charge in [-0.1, -0.05) is 12.2 Å². The zero-order chi connectivity index (χ0) is 20.6. The van der Waals surface area contributed by atoms with E-state index in [4.69, 9.17) is 0 Å². The summed E-state index contributed by atoms with van der Waals surface area (Å²) in [5.41, 5.74) is 0.818. The van der Waals surface area contributed by atoms with Crippen LogP contribution in [0.2, 0.25) is 0 Å². The van der Waals surface area contributed by atoms with Crippen LogP contribution < -0.4 is 5.32 Å². The highest BCUT2D eigenvalue weighted by atomic mass is 127. The molecule has 0 spiro atoms. The van der Waals surface area contributed by atoms with Gasteiger partial charge in [-0.15, -0.1) is 0 Å². The maximum atomic E-state index is 13.3. The lowest BCUT2D eigenvalue weighted by atomic mass is 9.63. The van der Waals surface area contributed by atoms with Crippen molar-refractivity contribution in [2.24, 2.45) is 41.4 Å². The Labute approximate surface area is 189 Å². The monoisotopic (exact) mass is 516 g/mol. The van der Waals surface area contributed by atoms with Crippen molar-refractivity contribution in [2.75, 3.05) is 5.32 Å². The third-order valence-electron chi connectivity index (χ3n) is 8.24. The molecular weight excluding hydrogens is 491 g/mol. The molecule has 5 aliphatic carbocycles. The summed E-state index contributed by atoms with van der Waals surface area (Å²) in [7, 11) is 0. The van der Waals surface area contributed by atoms with Crippen LogP contribution in [-0.4, -0.2) is 28.7 Å². The van der Waals surface area contributed by atoms with Gasteiger partial charge in [0.05, 0.1) is 11.8 Å². The molecule has 6 heteroatoms. The Morgan fingerprint density at radius 3 is 2.03 bits per heavy atom. The summed E-state index contributed by atoms with van der Waals surface area (Å²) in [6, 6.07) is 7.75. The van der Waals surface area contributed by atoms with Gasteiger partial charge in [-0.25, -0.2) is 0 Å². The molecule has 7 rings (SSSR count). The lowest BCUT2D eigenvalue weighted by Gasteiger charge is -2.37. The van der Waals surface area contributed by atoms with Crippen LogP contribution in [-0.2, 0) is 14.4 Å². The van der Waals surface area contributed by atoms with Crippen molar-refractivity contribution in [1.29, 1.82) is 0 Å². The second kappa shape index (κ2) is 6.90. The van der Waals surface area contributed by atoms with Crippen LogP contribution >= 0.6 is 22.6 Å². The molecule has 1 N–H and O–H groups in total. The summed E-state index contributed by atoms with van der Waals surface area (Å²) in [6.07, 6.45) is 8.56. The molecule has 3 amide bonds. The van der Waals surface area contributed by atoms with Crippen molar-refractivity contribution in [3.8, 4) is 0 Å². The van der Waals surface area contributed by atoms with Gasteiger partial charge in [0.1, 0.15) is 0 Å². The summed E-state index contributed by atoms with van der Waals surface area (Å²) in [5.74, 6) is 1.74. The highest BCUT2D eigenvalue weighted by Crippen LogP contribution is 2.65. The number of imide groups is 1. The Morgan fingerprint density at radius 2 is 1.47 bits per heavy atom. The summed E-state index contributed by atoms with van der Waals surface area (Å²) in [6.45, 7) is 0. The predicted octanol–water partition coefficient (Wildman–Crippen LogP) is 3.84. The van der Waals surface area contributed by atoms with E-state index in [9.17, 15) is 14.4 Å². The maximum absolute atomic E-state index is 13.3. The molecule has 1 aromatic carbocycles. The molecule has 4 fully saturated rings. The zero-order valence-electron chi connectivity index (χ0n) is 16.7. The number of likely N-dealkylation sites (tertiary alicyclic amines) is 1. The molecule has 1 saturated heterocycles. The molecule has 3 saturated carbocycles. The molecule has 30 heavy (non-hydrogen) atoms. The number of hydrogen-bond donors (Lipinski definition) is 1. The highest BCUT2D eigenvalue weighted by Gasteiger charge is 2.67. The second-order valence-corrected chi connectivity index (χ2v) is 10.9. The number of amides is 3. The molecule has 6 atom stereocenters. The smallest absolute Gasteiger partial charge is 0.233 e. The van der Waals surface area contributed by atoms with E-state index in [0.29, 0.717) is 11.8 Å². The molecule has 1 heterocycles. The van der Waals surface area contributed by atoms with Gasteiger partial charge in [-0.05, 0) is 103 Å². The molecule has 0 unspecified atom stereocenters. The minimum Gasteiger partial charge on any atom is -0.326 e. The van der Waals surface area contributed by atoms with Gasteiger partial charge in [0.25, 0.3) is 0 Å². The number of halogens is 1. The largest absolute Gasteiger partial charge is 0.326 e. The Morgan fingerprint density at radius 1 is 0.900 bits per heavy atom. The lowest BCUT2D eigenvalue weighted by molar-refractivity contribution is -0.144. The van der Waals surface area contributed by atoms with Crippen LogP contribution in [0, 0.1) is 45.0 Å². The van der Waals surface area contributed by atoms with Gasteiger partial charge in [-0.3, -0.25) is 19.3 Å². The average molecular weight is 516 g/mol. The normalized spacial score (nSPS) is 40.9. The van der Waals surface area contributed by atoms with Crippen molar-refractivity contribution in [3.63, 3.8) is 0 Å². The van der Waals surface area contributed by atoms with Crippen molar-refractivity contribution < 1.29 is 14.4 Å². The van der Waals surface area contributed by atoms with Crippen LogP contribution in [0.5, 0.6) is 0 Å². The van der Waals surface area contributed by atoms with E-state index < -0.39 is 0 Å². The van der Waals surface area contributed by atoms with Gasteiger partial charge in [0.15, 0.2) is 0 Å². The molecule has 2 bridgehead atoms. The number of carbonyl (C=O) groups is 3. The fourth-order valence-corrected chi connectivity index (χ4v) is 7.07. The lowest BCUT2D eigenvalue weighted by Crippen LogP contribution is -2.44. The molecule has 1 aliphatic heterocycles. The average Bonchev–Trinajstić information content (AvgIpc) is 3.53. The van der Waals surface area contributed by atoms with Crippen LogP contribution in [0.4, 0.5) is 5.69 Å². The Kier molecular flexibility index (Phi) is 4.38. The highest BCUT2D eigenvalue weighted by molar-refractivity contribution is 14.1. The first-order chi connectivity index (χ1) is 14.5. The summed E-state index contributed by atoms with van der Waals surface area (Å²) < 4.78 is 1.13. The molecular formula is C24H25IN2O3. The Bertz CT molecular complexity index is 914. The van der Waals surface area contributed by atoms with Gasteiger partial charge < -0.3 is 5.32 Å². The van der Waals surface area contributed by atoms with E-state index in [2.05, 4.69) is 40.1 Å². The molecule has 156 valence electrons. The van der Waals surface area contributed by atoms with E-state index in [1.807, 2.05) is 24.3 Å². The van der Waals surface area contributed by atoms with Gasteiger partial charge in [0, 0.05) is 21.2 Å². The first-order valence-corrected chi connectivity index (χ1v) is 12.2. The first-order valence-electron chi connectivity index (χ1n) is 11.1. The minimum absolute atomic E-state index is 0.0336. The fourth-order valence-electron chi connectivity index (χ4n) is 6.71. The molecule has 0 aromatic heterocycles. The van der Waals surface area contributed by atoms with Crippen molar-refractivity contribution in [1.82, 2.24) is 4.90 Å². The van der Waals surface area contributed by atoms with Crippen molar-refractivity contribution in [3.05, 3.63) is 40.0 Å². The number of rotatable bonds is 3. The number of anilines is 1. The number of nitrogens with one attached hydrogen (secondary N) is 1. The van der Waals surface area contributed by atoms with E-state index in [-0.39, 0.29) is 53.4 Å². The Hall–Kier alpha value is -1.70. The van der Waals surface area contributed by atoms with Crippen LogP contribution in [0.25, 0.3) is 0 Å². The summed E-state index contributed by atoms with van der Waals surface area (Å²) >= 11 is 2.24. The topological polar surface area (TPSA) is 66.5 Å². The summed E-state index contributed by atoms with van der Waals surface area (Å²) in [5, 5.41) is 3.01. The van der Waals surface area contributed by atoms with Gasteiger partial charge >= 0.3 is 0 Å². The van der Waals surface area contributed by atoms with Crippen molar-refractivity contribution >= 4 is 46.0 Å². The number of nitrogens with zero attached hydrogens (tertiary/aromatic N) is 1. The SMILES string of the molecule is O=C(Nc1ccc(I)cc1)C1CCC(N2C(=O)[C@H]3[C@@H]4C=C[C@H]([C@H]5C[C@H]45)[C@@H]3C2=O)CC1. The summed E-state index contributed by atoms with van der Waals surface area (Å²) in [4.78, 5) is 40.9. The molecule has 1 aromatic rings. The fraction of sp³-hybridized carbons (Fsp3) is 0.542. The quantitative estimate of drug-likeness (QED) is 0.377. The second-order valence-electron chi connectivity index (χ2n) is 9.70. The standard InChI is InChI=1S/C24H25IN2O3/c25-13-3-5-14(6-4-13)26-22(28)12-1-7-15(8-2-12)27-23(29)20-16-9-10-17(19-11-18(16)19)21(20)24(27)30/h3-6,9-10,12,15-21H,1-2,7-8,11H2,(H,26,28)/t12?,15?,16-,17-,18-,19-,20+,21+/m1/s1. The Balaban J connectivity index is 1.11.